The average Bonchev–Trinajstić information content (AvgIpc) is 3.19. The third-order valence-corrected chi connectivity index (χ3v) is 6.06. The summed E-state index contributed by atoms with van der Waals surface area (Å²) in [5.41, 5.74) is 0.579. The van der Waals surface area contributed by atoms with Crippen molar-refractivity contribution < 1.29 is 9.18 Å². The van der Waals surface area contributed by atoms with Gasteiger partial charge < -0.3 is 4.90 Å². The number of anilines is 1. The average molecular weight is 413 g/mol. The molecule has 1 aromatic rings. The van der Waals surface area contributed by atoms with Crippen molar-refractivity contribution in [1.82, 2.24) is 9.80 Å². The van der Waals surface area contributed by atoms with E-state index in [9.17, 15) is 9.18 Å². The molecule has 2 heterocycles. The molecule has 1 unspecified atom stereocenters. The number of hydrogen-bond acceptors (Lipinski definition) is 2. The zero-order valence-electron chi connectivity index (χ0n) is 18.2. The Balaban J connectivity index is 1.74. The van der Waals surface area contributed by atoms with Crippen LogP contribution in [0.4, 0.5) is 14.9 Å². The second-order valence-corrected chi connectivity index (χ2v) is 8.13. The number of piperidine rings is 1. The van der Waals surface area contributed by atoms with Gasteiger partial charge in [-0.1, -0.05) is 25.3 Å². The minimum absolute atomic E-state index is 0.00676. The molecule has 162 valence electrons. The van der Waals surface area contributed by atoms with Crippen LogP contribution in [0.3, 0.4) is 0 Å². The summed E-state index contributed by atoms with van der Waals surface area (Å²) in [5.74, 6) is 5.70. The second-order valence-electron chi connectivity index (χ2n) is 8.13. The van der Waals surface area contributed by atoms with Gasteiger partial charge in [-0.2, -0.15) is 4.99 Å². The van der Waals surface area contributed by atoms with E-state index in [-0.39, 0.29) is 17.9 Å². The fraction of sp³-hybridized carbons (Fsp3) is 0.583. The van der Waals surface area contributed by atoms with Crippen molar-refractivity contribution in [3.8, 4) is 11.8 Å². The van der Waals surface area contributed by atoms with Crippen molar-refractivity contribution in [1.29, 1.82) is 0 Å². The van der Waals surface area contributed by atoms with Crippen LogP contribution >= 0.6 is 0 Å². The molecule has 3 rings (SSSR count). The first-order valence-electron chi connectivity index (χ1n) is 11.1. The molecule has 1 aromatic carbocycles. The van der Waals surface area contributed by atoms with Gasteiger partial charge in [0.25, 0.3) is 0 Å². The zero-order chi connectivity index (χ0) is 21.3. The van der Waals surface area contributed by atoms with Crippen molar-refractivity contribution in [2.45, 2.75) is 64.5 Å². The van der Waals surface area contributed by atoms with E-state index in [0.29, 0.717) is 11.7 Å². The molecule has 0 aromatic heterocycles. The lowest BCUT2D eigenvalue weighted by atomic mass is 10.0. The normalized spacial score (nSPS) is 20.4. The summed E-state index contributed by atoms with van der Waals surface area (Å²) in [6, 6.07) is 6.44. The van der Waals surface area contributed by atoms with Crippen LogP contribution < -0.4 is 4.90 Å². The Morgan fingerprint density at radius 1 is 1.30 bits per heavy atom. The Hall–Kier alpha value is -2.39. The quantitative estimate of drug-likeness (QED) is 0.391. The van der Waals surface area contributed by atoms with Gasteiger partial charge in [0.05, 0.1) is 12.9 Å². The highest BCUT2D eigenvalue weighted by atomic mass is 19.1. The Bertz CT molecular complexity index is 792. The lowest BCUT2D eigenvalue weighted by molar-refractivity contribution is 0.222. The van der Waals surface area contributed by atoms with Crippen LogP contribution in [0.5, 0.6) is 0 Å². The highest BCUT2D eigenvalue weighted by Crippen LogP contribution is 2.26. The summed E-state index contributed by atoms with van der Waals surface area (Å²) in [5, 5.41) is 0. The third kappa shape index (κ3) is 5.82. The molecule has 2 fully saturated rings. The predicted octanol–water partition coefficient (Wildman–Crippen LogP) is 4.53. The third-order valence-electron chi connectivity index (χ3n) is 6.06. The SMILES string of the molecule is CC#CCN1CCC(N(C(=O)/N=C/N2CCCC2CCC)c2cccc(F)c2)CC1. The Kier molecular flexibility index (Phi) is 8.27. The largest absolute Gasteiger partial charge is 0.359 e. The molecule has 0 radical (unpaired) electrons. The van der Waals surface area contributed by atoms with Crippen LogP contribution in [-0.4, -0.2) is 60.4 Å². The molecule has 0 N–H and O–H groups in total. The van der Waals surface area contributed by atoms with Gasteiger partial charge in [0.2, 0.25) is 0 Å². The Labute approximate surface area is 179 Å². The highest BCUT2D eigenvalue weighted by Gasteiger charge is 2.29. The topological polar surface area (TPSA) is 39.1 Å². The fourth-order valence-corrected chi connectivity index (χ4v) is 4.47. The summed E-state index contributed by atoms with van der Waals surface area (Å²) in [7, 11) is 0. The molecule has 2 aliphatic rings. The van der Waals surface area contributed by atoms with Crippen molar-refractivity contribution in [2.75, 3.05) is 31.1 Å². The smallest absolute Gasteiger partial charge is 0.349 e. The van der Waals surface area contributed by atoms with E-state index in [1.165, 1.54) is 12.1 Å². The van der Waals surface area contributed by atoms with Crippen molar-refractivity contribution >= 4 is 18.1 Å². The zero-order valence-corrected chi connectivity index (χ0v) is 18.2. The molecule has 2 saturated heterocycles. The van der Waals surface area contributed by atoms with Crippen LogP contribution in [0.25, 0.3) is 0 Å². The van der Waals surface area contributed by atoms with Gasteiger partial charge in [0.15, 0.2) is 0 Å². The van der Waals surface area contributed by atoms with Gasteiger partial charge in [-0.3, -0.25) is 9.80 Å². The molecule has 1 atom stereocenters. The van der Waals surface area contributed by atoms with Crippen LogP contribution in [0.2, 0.25) is 0 Å². The van der Waals surface area contributed by atoms with E-state index < -0.39 is 0 Å². The van der Waals surface area contributed by atoms with E-state index in [4.69, 9.17) is 0 Å². The lowest BCUT2D eigenvalue weighted by Crippen LogP contribution is -2.47. The molecule has 0 aliphatic carbocycles. The summed E-state index contributed by atoms with van der Waals surface area (Å²) in [4.78, 5) is 23.7. The molecule has 2 amide bonds. The van der Waals surface area contributed by atoms with Gasteiger partial charge in [-0.05, 0) is 57.2 Å². The summed E-state index contributed by atoms with van der Waals surface area (Å²) in [6.07, 6.45) is 7.90. The first kappa shape index (κ1) is 22.3. The Morgan fingerprint density at radius 2 is 2.10 bits per heavy atom. The van der Waals surface area contributed by atoms with E-state index in [2.05, 4.69) is 33.6 Å². The fourth-order valence-electron chi connectivity index (χ4n) is 4.47. The van der Waals surface area contributed by atoms with Crippen molar-refractivity contribution in [3.63, 3.8) is 0 Å². The van der Waals surface area contributed by atoms with E-state index in [1.807, 2.05) is 6.92 Å². The molecule has 30 heavy (non-hydrogen) atoms. The number of urea groups is 1. The van der Waals surface area contributed by atoms with Crippen LogP contribution in [0, 0.1) is 17.7 Å². The maximum absolute atomic E-state index is 13.9. The number of hydrogen-bond donors (Lipinski definition) is 0. The number of likely N-dealkylation sites (tertiary alicyclic amines) is 2. The lowest BCUT2D eigenvalue weighted by Gasteiger charge is -2.37. The first-order valence-corrected chi connectivity index (χ1v) is 11.1. The minimum atomic E-state index is -0.340. The summed E-state index contributed by atoms with van der Waals surface area (Å²) in [6.45, 7) is 7.46. The van der Waals surface area contributed by atoms with E-state index in [0.717, 1.165) is 64.7 Å². The first-order chi connectivity index (χ1) is 14.6. The van der Waals surface area contributed by atoms with Crippen LogP contribution in [-0.2, 0) is 0 Å². The van der Waals surface area contributed by atoms with Crippen molar-refractivity contribution in [3.05, 3.63) is 30.1 Å². The maximum atomic E-state index is 13.9. The molecule has 0 spiro atoms. The molecular weight excluding hydrogens is 379 g/mol. The number of benzene rings is 1. The monoisotopic (exact) mass is 412 g/mol. The molecule has 0 bridgehead atoms. The number of rotatable bonds is 6. The number of nitrogens with zero attached hydrogens (tertiary/aromatic N) is 4. The van der Waals surface area contributed by atoms with Gasteiger partial charge in [-0.25, -0.2) is 9.18 Å². The predicted molar refractivity (Wildman–Crippen MR) is 120 cm³/mol. The molecule has 5 nitrogen and oxygen atoms in total. The van der Waals surface area contributed by atoms with E-state index >= 15 is 0 Å². The molecule has 2 aliphatic heterocycles. The van der Waals surface area contributed by atoms with Crippen LogP contribution in [0.15, 0.2) is 29.3 Å². The van der Waals surface area contributed by atoms with Gasteiger partial charge in [0, 0.05) is 37.4 Å². The van der Waals surface area contributed by atoms with Gasteiger partial charge >= 0.3 is 6.03 Å². The van der Waals surface area contributed by atoms with Crippen LogP contribution in [0.1, 0.15) is 52.4 Å². The summed E-state index contributed by atoms with van der Waals surface area (Å²) < 4.78 is 13.9. The standard InChI is InChI=1S/C24H33FN4O/c1-3-5-14-27-16-12-22(13-17-27)29(23-10-6-9-20(25)18-23)24(30)26-19-28-15-7-11-21(28)8-4-2/h6,9-10,18-19,21-22H,4,7-8,11-17H2,1-2H3/b26-19+. The molecule has 0 saturated carbocycles. The second kappa shape index (κ2) is 11.1. The number of halogens is 1. The number of aliphatic imine (C=N–C) groups is 1. The number of amides is 2. The summed E-state index contributed by atoms with van der Waals surface area (Å²) >= 11 is 0. The van der Waals surface area contributed by atoms with Crippen molar-refractivity contribution in [2.24, 2.45) is 4.99 Å². The minimum Gasteiger partial charge on any atom is -0.359 e. The molecular formula is C24H33FN4O. The number of carbonyl (C=O) groups is 1. The maximum Gasteiger partial charge on any atom is 0.349 e. The molecule has 6 heteroatoms. The number of carbonyl (C=O) groups excluding carboxylic acids is 1. The van der Waals surface area contributed by atoms with E-state index in [1.54, 1.807) is 23.4 Å². The van der Waals surface area contributed by atoms with Gasteiger partial charge in [-0.15, -0.1) is 5.92 Å². The van der Waals surface area contributed by atoms with Gasteiger partial charge in [0.1, 0.15) is 5.82 Å². The highest BCUT2D eigenvalue weighted by molar-refractivity contribution is 5.97. The Morgan fingerprint density at radius 3 is 2.80 bits per heavy atom.